The average Bonchev–Trinajstić information content (AvgIpc) is 2.05. The molecule has 1 unspecified atom stereocenters. The van der Waals surface area contributed by atoms with Crippen molar-refractivity contribution in [1.29, 1.82) is 0 Å². The van der Waals surface area contributed by atoms with E-state index < -0.39 is 0 Å². The lowest BCUT2D eigenvalue weighted by molar-refractivity contribution is 0.653. The van der Waals surface area contributed by atoms with E-state index in [0.717, 1.165) is 11.6 Å². The molecular weight excluding hydrogens is 142 g/mol. The molecule has 0 N–H and O–H groups in total. The van der Waals surface area contributed by atoms with Crippen LogP contribution in [0, 0.1) is 0 Å². The molecule has 70 valence electrons. The number of unbranched alkanes of at least 4 members (excludes halogenated alkanes) is 1. The highest BCUT2D eigenvalue weighted by molar-refractivity contribution is 7.01. The zero-order valence-electron chi connectivity index (χ0n) is 9.40. The van der Waals surface area contributed by atoms with Crippen molar-refractivity contribution >= 4 is 14.3 Å². The van der Waals surface area contributed by atoms with Crippen LogP contribution in [-0.2, 0) is 0 Å². The quantitative estimate of drug-likeness (QED) is 0.510. The minimum absolute atomic E-state index is 0.890. The molecule has 0 heterocycles. The van der Waals surface area contributed by atoms with Gasteiger partial charge in [-0.05, 0) is 0 Å². The lowest BCUT2D eigenvalue weighted by Gasteiger charge is -2.13. The molecule has 2 heteroatoms. The van der Waals surface area contributed by atoms with Crippen LogP contribution in [0.2, 0.25) is 11.6 Å². The van der Waals surface area contributed by atoms with E-state index >= 15 is 0 Å². The number of hydrogen-bond donors (Lipinski definition) is 0. The maximum absolute atomic E-state index is 2.33. The highest BCUT2D eigenvalue weighted by atomic mass is 14.0. The molecule has 0 aliphatic carbocycles. The molecule has 0 amide bonds. The Bertz CT molecular complexity index is 91.8. The number of rotatable bonds is 7. The van der Waals surface area contributed by atoms with Crippen molar-refractivity contribution in [3.8, 4) is 0 Å². The molecule has 0 rings (SSSR count). The highest BCUT2D eigenvalue weighted by Crippen LogP contribution is 2.18. The maximum atomic E-state index is 2.33. The smallest absolute Gasteiger partial charge is 0.0788 e. The second-order valence-corrected chi connectivity index (χ2v) is 4.39. The highest BCUT2D eigenvalue weighted by Gasteiger charge is 2.08. The van der Waals surface area contributed by atoms with Crippen molar-refractivity contribution in [3.63, 3.8) is 0 Å². The summed E-state index contributed by atoms with van der Waals surface area (Å²) in [6.45, 7) is 9.27. The molecule has 0 aliphatic heterocycles. The van der Waals surface area contributed by atoms with Crippen LogP contribution in [0.15, 0.2) is 0 Å². The van der Waals surface area contributed by atoms with Gasteiger partial charge in [0.05, 0.1) is 14.3 Å². The second-order valence-electron chi connectivity index (χ2n) is 4.39. The molecule has 0 spiro atoms. The molecule has 0 aliphatic rings. The second kappa shape index (κ2) is 7.76. The van der Waals surface area contributed by atoms with E-state index in [2.05, 4.69) is 27.7 Å². The van der Waals surface area contributed by atoms with E-state index in [-0.39, 0.29) is 0 Å². The summed E-state index contributed by atoms with van der Waals surface area (Å²) in [6, 6.07) is 0. The van der Waals surface area contributed by atoms with Crippen LogP contribution in [0.1, 0.15) is 53.4 Å². The van der Waals surface area contributed by atoms with Gasteiger partial charge in [0.25, 0.3) is 0 Å². The van der Waals surface area contributed by atoms with E-state index in [1.807, 2.05) is 0 Å². The van der Waals surface area contributed by atoms with Crippen LogP contribution < -0.4 is 0 Å². The third-order valence-corrected chi connectivity index (χ3v) is 2.70. The van der Waals surface area contributed by atoms with Gasteiger partial charge in [-0.1, -0.05) is 65.0 Å². The molecule has 0 saturated carbocycles. The van der Waals surface area contributed by atoms with Gasteiger partial charge in [0.15, 0.2) is 0 Å². The summed E-state index contributed by atoms with van der Waals surface area (Å²) in [5, 5.41) is 0. The Morgan fingerprint density at radius 2 is 1.75 bits per heavy atom. The molecule has 0 aromatic rings. The molecule has 0 radical (unpaired) electrons. The van der Waals surface area contributed by atoms with Gasteiger partial charge in [-0.3, -0.25) is 0 Å². The van der Waals surface area contributed by atoms with E-state index in [1.54, 1.807) is 0 Å². The van der Waals surface area contributed by atoms with Crippen LogP contribution in [0.4, 0.5) is 0 Å². The Morgan fingerprint density at radius 3 is 2.17 bits per heavy atom. The fourth-order valence-electron chi connectivity index (χ4n) is 1.61. The Hall–Kier alpha value is 0.130. The zero-order valence-corrected chi connectivity index (χ0v) is 9.40. The molecule has 12 heavy (non-hydrogen) atoms. The fraction of sp³-hybridized carbons (Fsp3) is 1.00. The molecule has 0 fully saturated rings. The lowest BCUT2D eigenvalue weighted by Crippen LogP contribution is -2.13. The minimum atomic E-state index is 0.890. The van der Waals surface area contributed by atoms with E-state index in [0.29, 0.717) is 0 Å². The molecule has 0 nitrogen and oxygen atoms in total. The third kappa shape index (κ3) is 6.82. The summed E-state index contributed by atoms with van der Waals surface area (Å²) >= 11 is 0. The van der Waals surface area contributed by atoms with Gasteiger partial charge < -0.3 is 0 Å². The average molecular weight is 166 g/mol. The summed E-state index contributed by atoms with van der Waals surface area (Å²) in [5.74, 6) is 1.90. The first-order chi connectivity index (χ1) is 5.70. The molecule has 1 atom stereocenters. The van der Waals surface area contributed by atoms with Crippen molar-refractivity contribution in [2.75, 3.05) is 0 Å². The van der Waals surface area contributed by atoms with Crippen molar-refractivity contribution in [2.45, 2.75) is 65.0 Å². The van der Waals surface area contributed by atoms with E-state index in [4.69, 9.17) is 0 Å². The van der Waals surface area contributed by atoms with Crippen LogP contribution in [-0.4, -0.2) is 14.3 Å². The van der Waals surface area contributed by atoms with Gasteiger partial charge in [0.2, 0.25) is 0 Å². The molecule has 0 aromatic heterocycles. The summed E-state index contributed by atoms with van der Waals surface area (Å²) in [7, 11) is 2.87. The Morgan fingerprint density at radius 1 is 1.08 bits per heavy atom. The van der Waals surface area contributed by atoms with Crippen LogP contribution in [0.3, 0.4) is 0 Å². The Balaban J connectivity index is 3.39. The summed E-state index contributed by atoms with van der Waals surface area (Å²) in [4.78, 5) is 0. The predicted molar refractivity (Wildman–Crippen MR) is 63.0 cm³/mol. The third-order valence-electron chi connectivity index (χ3n) is 2.70. The van der Waals surface area contributed by atoms with Crippen molar-refractivity contribution in [1.82, 2.24) is 0 Å². The summed E-state index contributed by atoms with van der Waals surface area (Å²) < 4.78 is 0. The first kappa shape index (κ1) is 12.1. The lowest BCUT2D eigenvalue weighted by atomic mass is 9.29. The summed E-state index contributed by atoms with van der Waals surface area (Å²) in [5.41, 5.74) is 0. The summed E-state index contributed by atoms with van der Waals surface area (Å²) in [6.07, 6.45) is 5.63. The van der Waals surface area contributed by atoms with E-state index in [1.165, 1.54) is 40.0 Å². The first-order valence-corrected chi connectivity index (χ1v) is 5.70. The molecule has 0 aromatic carbocycles. The van der Waals surface area contributed by atoms with Gasteiger partial charge in [0, 0.05) is 0 Å². The largest absolute Gasteiger partial charge is 0.0908 e. The zero-order chi connectivity index (χ0) is 9.40. The van der Waals surface area contributed by atoms with Crippen LogP contribution in [0.5, 0.6) is 0 Å². The monoisotopic (exact) mass is 166 g/mol. The number of hydrogen-bond acceptors (Lipinski definition) is 0. The van der Waals surface area contributed by atoms with Gasteiger partial charge in [0.1, 0.15) is 0 Å². The molecule has 0 saturated heterocycles. The Labute approximate surface area is 80.0 Å². The van der Waals surface area contributed by atoms with Gasteiger partial charge in [-0.2, -0.15) is 0 Å². The maximum Gasteiger partial charge on any atom is 0.0908 e. The molecule has 0 bridgehead atoms. The Kier molecular flexibility index (Phi) is 7.85. The van der Waals surface area contributed by atoms with Crippen LogP contribution >= 0.6 is 0 Å². The van der Waals surface area contributed by atoms with Gasteiger partial charge >= 0.3 is 0 Å². The topological polar surface area (TPSA) is 0 Å². The normalized spacial score (nSPS) is 13.1. The standard InChI is InChI=1S/C10H24B2/c1-5-7-8-10(6-2)12-11-9(3)4/h9-12H,5-8H2,1-4H3. The van der Waals surface area contributed by atoms with E-state index in [9.17, 15) is 0 Å². The molecular formula is C10H24B2. The fourth-order valence-corrected chi connectivity index (χ4v) is 1.61. The minimum Gasteiger partial charge on any atom is -0.0788 e. The van der Waals surface area contributed by atoms with Crippen molar-refractivity contribution in [2.24, 2.45) is 0 Å². The van der Waals surface area contributed by atoms with Crippen molar-refractivity contribution < 1.29 is 0 Å². The van der Waals surface area contributed by atoms with Gasteiger partial charge in [-0.15, -0.1) is 0 Å². The first-order valence-electron chi connectivity index (χ1n) is 5.70. The SMILES string of the molecule is CCCCC(BBC(C)C)CC. The van der Waals surface area contributed by atoms with Crippen molar-refractivity contribution in [3.05, 3.63) is 0 Å². The predicted octanol–water partition coefficient (Wildman–Crippen LogP) is 2.99. The van der Waals surface area contributed by atoms with Crippen LogP contribution in [0.25, 0.3) is 0 Å². The van der Waals surface area contributed by atoms with Gasteiger partial charge in [-0.25, -0.2) is 0 Å².